The van der Waals surface area contributed by atoms with Crippen molar-refractivity contribution >= 4 is 114 Å². The van der Waals surface area contributed by atoms with Gasteiger partial charge < -0.3 is 19.6 Å². The molecule has 0 aromatic rings. The van der Waals surface area contributed by atoms with Gasteiger partial charge in [0.15, 0.2) is 0 Å². The molecule has 0 fully saturated rings. The van der Waals surface area contributed by atoms with Crippen molar-refractivity contribution in [2.24, 2.45) is 0 Å². The minimum absolute atomic E-state index is 0. The van der Waals surface area contributed by atoms with Crippen LogP contribution in [0.3, 0.4) is 0 Å². The molecule has 0 radical (unpaired) electrons. The summed E-state index contributed by atoms with van der Waals surface area (Å²) in [6, 6.07) is 0. The second kappa shape index (κ2) is 18.1. The van der Waals surface area contributed by atoms with Gasteiger partial charge in [-0.3, -0.25) is 0 Å². The van der Waals surface area contributed by atoms with E-state index in [1.54, 1.807) is 0 Å². The Morgan fingerprint density at radius 3 is 0.700 bits per heavy atom. The maximum atomic E-state index is 8.48. The summed E-state index contributed by atoms with van der Waals surface area (Å²) in [4.78, 5) is 33.9. The number of rotatable bonds is 0. The Balaban J connectivity index is -0.0000000300. The number of hydrogen-bond donors (Lipinski definition) is 0. The first-order chi connectivity index (χ1) is 3.46. The van der Waals surface area contributed by atoms with E-state index < -0.39 is 16.5 Å². The van der Waals surface area contributed by atoms with E-state index in [0.717, 1.165) is 0 Å². The maximum Gasteiger partial charge on any atom is 2.00 e. The zero-order valence-electron chi connectivity index (χ0n) is 4.76. The third-order valence-corrected chi connectivity index (χ3v) is 0. The minimum atomic E-state index is -3.37. The van der Waals surface area contributed by atoms with Crippen LogP contribution in [0.25, 0.3) is 0 Å². The van der Waals surface area contributed by atoms with E-state index in [0.29, 0.717) is 0 Å². The van der Waals surface area contributed by atoms with E-state index in [1.165, 1.54) is 0 Å². The Hall–Kier alpha value is 3.18. The zero-order chi connectivity index (χ0) is 7.15. The van der Waals surface area contributed by atoms with Crippen LogP contribution >= 0.6 is 16.5 Å². The van der Waals surface area contributed by atoms with Crippen molar-refractivity contribution in [2.75, 3.05) is 0 Å². The molecule has 0 aliphatic carbocycles. The summed E-state index contributed by atoms with van der Waals surface area (Å²) in [5, 5.41) is 0. The predicted octanol–water partition coefficient (Wildman–Crippen LogP) is -4.03. The molecule has 0 aromatic heterocycles. The van der Waals surface area contributed by atoms with Crippen molar-refractivity contribution in [3.63, 3.8) is 0 Å². The van der Waals surface area contributed by atoms with Crippen LogP contribution in [-0.2, 0) is 9.13 Å². The molecule has 0 atom stereocenters. The van der Waals surface area contributed by atoms with Gasteiger partial charge in [0.05, 0.1) is 0 Å². The van der Waals surface area contributed by atoms with E-state index in [2.05, 4.69) is 0 Å². The molecular formula is Ba2O6P2+2. The monoisotopic (exact) mass is 434 g/mol. The van der Waals surface area contributed by atoms with Gasteiger partial charge in [-0.15, -0.1) is 0 Å². The Labute approximate surface area is 139 Å². The molecular weight excluding hydrogens is 433 g/mol. The summed E-state index contributed by atoms with van der Waals surface area (Å²) in [6.07, 6.45) is 0. The SMILES string of the molecule is O=[P+]([O-])[O-].O=[P+]([O-])[O-].[Ba+2].[Ba+2]. The van der Waals surface area contributed by atoms with E-state index in [1.807, 2.05) is 0 Å². The van der Waals surface area contributed by atoms with E-state index >= 15 is 0 Å². The predicted molar refractivity (Wildman–Crippen MR) is 26.7 cm³/mol. The molecule has 0 saturated carbocycles. The quantitative estimate of drug-likeness (QED) is 0.283. The minimum Gasteiger partial charge on any atom is -0.598 e. The van der Waals surface area contributed by atoms with Crippen LogP contribution in [-0.4, -0.2) is 97.8 Å². The fourth-order valence-corrected chi connectivity index (χ4v) is 0. The molecule has 48 valence electrons. The molecule has 6 nitrogen and oxygen atoms in total. The molecule has 0 aliphatic heterocycles. The maximum absolute atomic E-state index is 8.48. The molecule has 10 heavy (non-hydrogen) atoms. The van der Waals surface area contributed by atoms with Gasteiger partial charge in [-0.1, -0.05) is 9.13 Å². The summed E-state index contributed by atoms with van der Waals surface area (Å²) in [5.41, 5.74) is 0. The summed E-state index contributed by atoms with van der Waals surface area (Å²) in [5.74, 6) is 0. The Morgan fingerprint density at radius 2 is 0.700 bits per heavy atom. The van der Waals surface area contributed by atoms with Crippen LogP contribution in [0.15, 0.2) is 0 Å². The summed E-state index contributed by atoms with van der Waals surface area (Å²) < 4.78 is 17.0. The topological polar surface area (TPSA) is 126 Å². The second-order valence-electron chi connectivity index (χ2n) is 0.447. The molecule has 0 amide bonds. The largest absolute Gasteiger partial charge is 2.00 e. The summed E-state index contributed by atoms with van der Waals surface area (Å²) in [7, 11) is -6.74. The standard InChI is InChI=1S/2Ba.2HO3P/c;;2*1-4(2)3/h;;2*(H,1,2,3)/q2*+2;;/p-2. The number of hydrogen-bond acceptors (Lipinski definition) is 6. The molecule has 0 spiro atoms. The fraction of sp³-hybridized carbons (Fsp3) is 0. The smallest absolute Gasteiger partial charge is 0.598 e. The molecule has 0 unspecified atom stereocenters. The van der Waals surface area contributed by atoms with Crippen molar-refractivity contribution in [3.8, 4) is 0 Å². The Kier molecular flexibility index (Phi) is 41.9. The van der Waals surface area contributed by atoms with Crippen molar-refractivity contribution < 1.29 is 28.7 Å². The van der Waals surface area contributed by atoms with Crippen molar-refractivity contribution in [3.05, 3.63) is 0 Å². The first kappa shape index (κ1) is 23.2. The summed E-state index contributed by atoms with van der Waals surface area (Å²) in [6.45, 7) is 0. The van der Waals surface area contributed by atoms with Crippen LogP contribution in [0, 0.1) is 0 Å². The normalized spacial score (nSPS) is 5.20. The van der Waals surface area contributed by atoms with Gasteiger partial charge in [0, 0.05) is 0 Å². The molecule has 0 rings (SSSR count). The molecule has 0 bridgehead atoms. The zero-order valence-corrected chi connectivity index (χ0v) is 15.4. The molecule has 10 heteroatoms. The van der Waals surface area contributed by atoms with Crippen LogP contribution < -0.4 is 19.6 Å². The molecule has 0 aliphatic rings. The van der Waals surface area contributed by atoms with Crippen LogP contribution in [0.2, 0.25) is 0 Å². The van der Waals surface area contributed by atoms with Gasteiger partial charge in [0.2, 0.25) is 0 Å². The van der Waals surface area contributed by atoms with E-state index in [4.69, 9.17) is 28.7 Å². The van der Waals surface area contributed by atoms with E-state index in [9.17, 15) is 0 Å². The van der Waals surface area contributed by atoms with Crippen LogP contribution in [0.4, 0.5) is 0 Å². The van der Waals surface area contributed by atoms with Crippen molar-refractivity contribution in [2.45, 2.75) is 0 Å². The van der Waals surface area contributed by atoms with E-state index in [-0.39, 0.29) is 97.8 Å². The molecule has 0 saturated heterocycles. The van der Waals surface area contributed by atoms with Gasteiger partial charge in [0.25, 0.3) is 16.5 Å². The first-order valence-electron chi connectivity index (χ1n) is 1.10. The Bertz CT molecular complexity index is 71.7. The average molecular weight is 433 g/mol. The third kappa shape index (κ3) is 114. The first-order valence-corrected chi connectivity index (χ1v) is 3.29. The van der Waals surface area contributed by atoms with Crippen molar-refractivity contribution in [1.29, 1.82) is 0 Å². The van der Waals surface area contributed by atoms with Crippen LogP contribution in [0.1, 0.15) is 0 Å². The van der Waals surface area contributed by atoms with Gasteiger partial charge in [-0.2, -0.15) is 0 Å². The summed E-state index contributed by atoms with van der Waals surface area (Å²) >= 11 is 0. The second-order valence-corrected chi connectivity index (χ2v) is 1.34. The molecule has 0 aromatic carbocycles. The van der Waals surface area contributed by atoms with Gasteiger partial charge in [0.1, 0.15) is 0 Å². The van der Waals surface area contributed by atoms with Gasteiger partial charge in [-0.25, -0.2) is 0 Å². The third-order valence-electron chi connectivity index (χ3n) is 0. The average Bonchev–Trinajstić information content (AvgIpc) is 1.25. The van der Waals surface area contributed by atoms with Crippen molar-refractivity contribution in [1.82, 2.24) is 0 Å². The van der Waals surface area contributed by atoms with Gasteiger partial charge in [-0.05, 0) is 0 Å². The Morgan fingerprint density at radius 1 is 0.700 bits per heavy atom. The molecule has 0 heterocycles. The molecule has 0 N–H and O–H groups in total. The fourth-order valence-electron chi connectivity index (χ4n) is 0. The van der Waals surface area contributed by atoms with Gasteiger partial charge >= 0.3 is 97.8 Å². The van der Waals surface area contributed by atoms with Crippen LogP contribution in [0.5, 0.6) is 0 Å².